The van der Waals surface area contributed by atoms with Crippen molar-refractivity contribution in [2.45, 2.75) is 12.8 Å². The van der Waals surface area contributed by atoms with Crippen molar-refractivity contribution in [3.05, 3.63) is 46.0 Å². The highest BCUT2D eigenvalue weighted by Crippen LogP contribution is 2.41. The van der Waals surface area contributed by atoms with E-state index >= 15 is 0 Å². The zero-order chi connectivity index (χ0) is 16.7. The SMILES string of the molecule is COc1ccc(NC(=O)c2c3c(cc4c2OCC4)OCC3)cc1Cl. The van der Waals surface area contributed by atoms with Gasteiger partial charge in [-0.05, 0) is 24.3 Å². The number of hydrogen-bond acceptors (Lipinski definition) is 4. The average molecular weight is 346 g/mol. The molecule has 2 heterocycles. The molecule has 2 aromatic rings. The minimum Gasteiger partial charge on any atom is -0.495 e. The quantitative estimate of drug-likeness (QED) is 0.925. The summed E-state index contributed by atoms with van der Waals surface area (Å²) in [7, 11) is 1.55. The van der Waals surface area contributed by atoms with Gasteiger partial charge in [0.1, 0.15) is 17.2 Å². The Bertz CT molecular complexity index is 802. The third-order valence-electron chi connectivity index (χ3n) is 4.29. The van der Waals surface area contributed by atoms with Crippen LogP contribution >= 0.6 is 11.6 Å². The van der Waals surface area contributed by atoms with E-state index in [2.05, 4.69) is 5.32 Å². The molecule has 1 N–H and O–H groups in total. The van der Waals surface area contributed by atoms with Gasteiger partial charge < -0.3 is 19.5 Å². The van der Waals surface area contributed by atoms with Gasteiger partial charge in [0.25, 0.3) is 5.91 Å². The van der Waals surface area contributed by atoms with Crippen molar-refractivity contribution in [1.82, 2.24) is 0 Å². The van der Waals surface area contributed by atoms with Crippen LogP contribution < -0.4 is 19.5 Å². The Kier molecular flexibility index (Phi) is 3.73. The monoisotopic (exact) mass is 345 g/mol. The number of benzene rings is 2. The molecule has 2 aliphatic heterocycles. The molecular weight excluding hydrogens is 330 g/mol. The van der Waals surface area contributed by atoms with Crippen LogP contribution in [0.15, 0.2) is 24.3 Å². The van der Waals surface area contributed by atoms with Gasteiger partial charge in [0.05, 0.1) is 30.9 Å². The number of methoxy groups -OCH3 is 1. The Labute approximate surface area is 144 Å². The van der Waals surface area contributed by atoms with E-state index in [0.29, 0.717) is 47.4 Å². The normalized spacial score (nSPS) is 14.4. The Morgan fingerprint density at radius 2 is 2.04 bits per heavy atom. The Balaban J connectivity index is 1.69. The van der Waals surface area contributed by atoms with Gasteiger partial charge in [-0.25, -0.2) is 0 Å². The van der Waals surface area contributed by atoms with E-state index < -0.39 is 0 Å². The van der Waals surface area contributed by atoms with E-state index in [1.807, 2.05) is 6.07 Å². The predicted molar refractivity (Wildman–Crippen MR) is 90.8 cm³/mol. The summed E-state index contributed by atoms with van der Waals surface area (Å²) < 4.78 is 16.5. The van der Waals surface area contributed by atoms with Crippen LogP contribution in [0.5, 0.6) is 17.2 Å². The number of carbonyl (C=O) groups is 1. The molecule has 0 aliphatic carbocycles. The first-order valence-corrected chi connectivity index (χ1v) is 8.14. The highest BCUT2D eigenvalue weighted by Gasteiger charge is 2.30. The van der Waals surface area contributed by atoms with Crippen molar-refractivity contribution in [1.29, 1.82) is 0 Å². The first kappa shape index (κ1) is 15.1. The fraction of sp³-hybridized carbons (Fsp3) is 0.278. The van der Waals surface area contributed by atoms with Gasteiger partial charge in [0.15, 0.2) is 0 Å². The van der Waals surface area contributed by atoms with Crippen LogP contribution in [0, 0.1) is 0 Å². The fourth-order valence-corrected chi connectivity index (χ4v) is 3.42. The average Bonchev–Trinajstić information content (AvgIpc) is 3.20. The van der Waals surface area contributed by atoms with E-state index in [0.717, 1.165) is 23.3 Å². The maximum Gasteiger partial charge on any atom is 0.259 e. The van der Waals surface area contributed by atoms with Gasteiger partial charge in [-0.15, -0.1) is 0 Å². The highest BCUT2D eigenvalue weighted by atomic mass is 35.5. The first-order chi connectivity index (χ1) is 11.7. The van der Waals surface area contributed by atoms with Crippen molar-refractivity contribution in [2.75, 3.05) is 25.6 Å². The number of fused-ring (bicyclic) bond motifs is 2. The Hall–Kier alpha value is -2.40. The largest absolute Gasteiger partial charge is 0.495 e. The third kappa shape index (κ3) is 2.45. The van der Waals surface area contributed by atoms with E-state index in [1.54, 1.807) is 25.3 Å². The third-order valence-corrected chi connectivity index (χ3v) is 4.58. The number of nitrogens with one attached hydrogen (secondary N) is 1. The summed E-state index contributed by atoms with van der Waals surface area (Å²) >= 11 is 6.13. The van der Waals surface area contributed by atoms with Crippen LogP contribution in [0.1, 0.15) is 21.5 Å². The lowest BCUT2D eigenvalue weighted by atomic mass is 9.99. The minimum absolute atomic E-state index is 0.211. The summed E-state index contributed by atoms with van der Waals surface area (Å²) in [5.74, 6) is 1.82. The number of anilines is 1. The van der Waals surface area contributed by atoms with Gasteiger partial charge in [-0.2, -0.15) is 0 Å². The molecule has 5 nitrogen and oxygen atoms in total. The number of hydrogen-bond donors (Lipinski definition) is 1. The van der Waals surface area contributed by atoms with Crippen LogP contribution in [0.4, 0.5) is 5.69 Å². The van der Waals surface area contributed by atoms with Crippen LogP contribution in [0.25, 0.3) is 0 Å². The molecule has 0 bridgehead atoms. The summed E-state index contributed by atoms with van der Waals surface area (Å²) in [4.78, 5) is 12.9. The molecule has 2 aromatic carbocycles. The van der Waals surface area contributed by atoms with E-state index in [4.69, 9.17) is 25.8 Å². The van der Waals surface area contributed by atoms with Gasteiger partial charge in [-0.1, -0.05) is 11.6 Å². The second-order valence-electron chi connectivity index (χ2n) is 5.72. The summed E-state index contributed by atoms with van der Waals surface area (Å²) in [6, 6.07) is 7.13. The number of ether oxygens (including phenoxy) is 3. The number of halogens is 1. The molecule has 0 aromatic heterocycles. The van der Waals surface area contributed by atoms with Crippen LogP contribution in [-0.4, -0.2) is 26.2 Å². The molecule has 0 spiro atoms. The van der Waals surface area contributed by atoms with Gasteiger partial charge in [0, 0.05) is 29.7 Å². The first-order valence-electron chi connectivity index (χ1n) is 7.76. The second-order valence-corrected chi connectivity index (χ2v) is 6.12. The molecule has 0 saturated carbocycles. The predicted octanol–water partition coefficient (Wildman–Crippen LogP) is 3.47. The topological polar surface area (TPSA) is 56.8 Å². The molecule has 0 fully saturated rings. The van der Waals surface area contributed by atoms with Crippen LogP contribution in [0.2, 0.25) is 5.02 Å². The Morgan fingerprint density at radius 3 is 2.83 bits per heavy atom. The van der Waals surface area contributed by atoms with Gasteiger partial charge >= 0.3 is 0 Å². The van der Waals surface area contributed by atoms with Gasteiger partial charge in [0.2, 0.25) is 0 Å². The molecule has 4 rings (SSSR count). The van der Waals surface area contributed by atoms with Gasteiger partial charge in [-0.3, -0.25) is 4.79 Å². The molecule has 0 unspecified atom stereocenters. The summed E-state index contributed by atoms with van der Waals surface area (Å²) in [5.41, 5.74) is 3.11. The molecule has 0 atom stereocenters. The van der Waals surface area contributed by atoms with E-state index in [9.17, 15) is 4.79 Å². The number of rotatable bonds is 3. The van der Waals surface area contributed by atoms with Crippen molar-refractivity contribution >= 4 is 23.2 Å². The molecule has 124 valence electrons. The number of amides is 1. The standard InChI is InChI=1S/C18H16ClNO4/c1-22-14-3-2-11(9-13(14)19)20-18(21)16-12-5-7-23-15(12)8-10-4-6-24-17(10)16/h2-3,8-9H,4-7H2,1H3,(H,20,21). The molecule has 0 radical (unpaired) electrons. The molecule has 24 heavy (non-hydrogen) atoms. The van der Waals surface area contributed by atoms with Crippen molar-refractivity contribution in [3.8, 4) is 17.2 Å². The smallest absolute Gasteiger partial charge is 0.259 e. The number of carbonyl (C=O) groups excluding carboxylic acids is 1. The summed E-state index contributed by atoms with van der Waals surface area (Å²) in [6.07, 6.45) is 1.50. The highest BCUT2D eigenvalue weighted by molar-refractivity contribution is 6.32. The zero-order valence-electron chi connectivity index (χ0n) is 13.1. The molecule has 6 heteroatoms. The molecule has 1 amide bonds. The zero-order valence-corrected chi connectivity index (χ0v) is 13.9. The molecule has 2 aliphatic rings. The second kappa shape index (κ2) is 5.91. The van der Waals surface area contributed by atoms with E-state index in [1.165, 1.54) is 0 Å². The summed E-state index contributed by atoms with van der Waals surface area (Å²) in [5, 5.41) is 3.34. The molecular formula is C18H16ClNO4. The van der Waals surface area contributed by atoms with Crippen LogP contribution in [-0.2, 0) is 12.8 Å². The van der Waals surface area contributed by atoms with Crippen molar-refractivity contribution in [2.24, 2.45) is 0 Å². The maximum absolute atomic E-state index is 12.9. The lowest BCUT2D eigenvalue weighted by molar-refractivity contribution is 0.102. The Morgan fingerprint density at radius 1 is 1.21 bits per heavy atom. The summed E-state index contributed by atoms with van der Waals surface area (Å²) in [6.45, 7) is 1.18. The lowest BCUT2D eigenvalue weighted by Gasteiger charge is -2.13. The van der Waals surface area contributed by atoms with E-state index in [-0.39, 0.29) is 5.91 Å². The van der Waals surface area contributed by atoms with Crippen molar-refractivity contribution in [3.63, 3.8) is 0 Å². The van der Waals surface area contributed by atoms with Crippen LogP contribution in [0.3, 0.4) is 0 Å². The maximum atomic E-state index is 12.9. The molecule has 0 saturated heterocycles. The van der Waals surface area contributed by atoms with Crippen molar-refractivity contribution < 1.29 is 19.0 Å². The fourth-order valence-electron chi connectivity index (χ4n) is 3.16. The lowest BCUT2D eigenvalue weighted by Crippen LogP contribution is -2.15. The minimum atomic E-state index is -0.211.